The molecule has 0 radical (unpaired) electrons. The van der Waals surface area contributed by atoms with Crippen LogP contribution in [0.3, 0.4) is 0 Å². The van der Waals surface area contributed by atoms with Crippen LogP contribution in [0.1, 0.15) is 30.0 Å². The zero-order valence-electron chi connectivity index (χ0n) is 14.2. The van der Waals surface area contributed by atoms with Gasteiger partial charge in [0.25, 0.3) is 0 Å². The number of hydrogen-bond acceptors (Lipinski definition) is 4. The smallest absolute Gasteiger partial charge is 0.307 e. The Morgan fingerprint density at radius 3 is 2.52 bits per heavy atom. The molecule has 1 aromatic heterocycles. The predicted octanol–water partition coefficient (Wildman–Crippen LogP) is 1.95. The molecule has 0 spiro atoms. The molecule has 1 heterocycles. The number of carboxylic acid groups (broad SMARTS) is 1. The van der Waals surface area contributed by atoms with E-state index in [4.69, 9.17) is 0 Å². The van der Waals surface area contributed by atoms with Gasteiger partial charge in [0.15, 0.2) is 5.82 Å². The molecular formula is C18H19N3O4. The van der Waals surface area contributed by atoms with E-state index < -0.39 is 23.2 Å². The molecule has 2 aromatic rings. The van der Waals surface area contributed by atoms with E-state index in [1.54, 1.807) is 62.1 Å². The van der Waals surface area contributed by atoms with Crippen LogP contribution >= 0.6 is 0 Å². The third-order valence-electron chi connectivity index (χ3n) is 4.79. The number of aryl methyl sites for hydroxylation is 1. The number of ketones is 1. The molecule has 7 heteroatoms. The molecule has 1 aromatic carbocycles. The molecule has 1 fully saturated rings. The maximum Gasteiger partial charge on any atom is 0.307 e. The van der Waals surface area contributed by atoms with Crippen molar-refractivity contribution in [3.8, 4) is 0 Å². The molecule has 1 amide bonds. The number of nitrogens with one attached hydrogen (secondary N) is 1. The molecule has 0 unspecified atom stereocenters. The monoisotopic (exact) mass is 341 g/mol. The first-order valence-electron chi connectivity index (χ1n) is 7.89. The number of hydrogen-bond donors (Lipinski definition) is 2. The van der Waals surface area contributed by atoms with Crippen molar-refractivity contribution < 1.29 is 19.5 Å². The fourth-order valence-electron chi connectivity index (χ4n) is 3.26. The van der Waals surface area contributed by atoms with Crippen LogP contribution in [-0.2, 0) is 16.6 Å². The number of aromatic nitrogens is 2. The van der Waals surface area contributed by atoms with Crippen molar-refractivity contribution in [1.29, 1.82) is 0 Å². The molecule has 7 nitrogen and oxygen atoms in total. The van der Waals surface area contributed by atoms with Crippen molar-refractivity contribution in [2.45, 2.75) is 13.8 Å². The van der Waals surface area contributed by atoms with Gasteiger partial charge in [0.2, 0.25) is 11.7 Å². The number of benzene rings is 1. The Morgan fingerprint density at radius 2 is 1.96 bits per heavy atom. The Kier molecular flexibility index (Phi) is 3.94. The van der Waals surface area contributed by atoms with E-state index in [1.165, 1.54) is 0 Å². The van der Waals surface area contributed by atoms with Gasteiger partial charge in [-0.3, -0.25) is 14.4 Å². The van der Waals surface area contributed by atoms with Crippen molar-refractivity contribution in [3.05, 3.63) is 48.0 Å². The van der Waals surface area contributed by atoms with E-state index in [9.17, 15) is 19.5 Å². The molecule has 0 saturated heterocycles. The van der Waals surface area contributed by atoms with Crippen LogP contribution in [0, 0.1) is 17.3 Å². The third-order valence-corrected chi connectivity index (χ3v) is 4.79. The molecule has 130 valence electrons. The van der Waals surface area contributed by atoms with Gasteiger partial charge in [0.1, 0.15) is 0 Å². The minimum absolute atomic E-state index is 0.251. The van der Waals surface area contributed by atoms with Crippen molar-refractivity contribution in [1.82, 2.24) is 9.55 Å². The first kappa shape index (κ1) is 16.9. The van der Waals surface area contributed by atoms with Gasteiger partial charge in [0.05, 0.1) is 11.8 Å². The van der Waals surface area contributed by atoms with Gasteiger partial charge >= 0.3 is 5.97 Å². The number of carbonyl (C=O) groups excluding carboxylic acids is 2. The summed E-state index contributed by atoms with van der Waals surface area (Å²) in [6.07, 6.45) is 3.22. The van der Waals surface area contributed by atoms with Crippen LogP contribution in [0.4, 0.5) is 5.69 Å². The molecule has 1 aliphatic carbocycles. The van der Waals surface area contributed by atoms with Gasteiger partial charge in [-0.1, -0.05) is 26.0 Å². The normalized spacial score (nSPS) is 20.8. The highest BCUT2D eigenvalue weighted by atomic mass is 16.4. The quantitative estimate of drug-likeness (QED) is 0.810. The average molecular weight is 341 g/mol. The van der Waals surface area contributed by atoms with Crippen LogP contribution in [0.25, 0.3) is 0 Å². The molecule has 2 atom stereocenters. The number of amides is 1. The molecule has 3 rings (SSSR count). The summed E-state index contributed by atoms with van der Waals surface area (Å²) in [7, 11) is 1.73. The lowest BCUT2D eigenvalue weighted by atomic mass is 10.1. The van der Waals surface area contributed by atoms with E-state index in [1.807, 2.05) is 0 Å². The van der Waals surface area contributed by atoms with Gasteiger partial charge in [-0.05, 0) is 17.5 Å². The fraction of sp³-hybridized carbons (Fsp3) is 0.333. The molecule has 0 bridgehead atoms. The Morgan fingerprint density at radius 1 is 1.24 bits per heavy atom. The van der Waals surface area contributed by atoms with E-state index in [2.05, 4.69) is 10.3 Å². The van der Waals surface area contributed by atoms with Crippen LogP contribution in [0.15, 0.2) is 36.7 Å². The molecule has 1 saturated carbocycles. The second kappa shape index (κ2) is 5.84. The minimum atomic E-state index is -0.969. The second-order valence-electron chi connectivity index (χ2n) is 6.88. The topological polar surface area (TPSA) is 101 Å². The Bertz CT molecular complexity index is 869. The van der Waals surface area contributed by atoms with Gasteiger partial charge in [-0.15, -0.1) is 0 Å². The largest absolute Gasteiger partial charge is 0.481 e. The van der Waals surface area contributed by atoms with Gasteiger partial charge in [0, 0.05) is 30.7 Å². The summed E-state index contributed by atoms with van der Waals surface area (Å²) in [5.41, 5.74) is 0.282. The summed E-state index contributed by atoms with van der Waals surface area (Å²) < 4.78 is 1.62. The van der Waals surface area contributed by atoms with Crippen LogP contribution in [-0.4, -0.2) is 32.3 Å². The maximum absolute atomic E-state index is 12.5. The fourth-order valence-corrected chi connectivity index (χ4v) is 3.26. The lowest BCUT2D eigenvalue weighted by Gasteiger charge is -2.08. The Balaban J connectivity index is 1.77. The van der Waals surface area contributed by atoms with Crippen LogP contribution in [0.5, 0.6) is 0 Å². The maximum atomic E-state index is 12.5. The number of carbonyl (C=O) groups is 3. The van der Waals surface area contributed by atoms with Gasteiger partial charge in [-0.25, -0.2) is 4.98 Å². The van der Waals surface area contributed by atoms with Crippen molar-refractivity contribution in [2.24, 2.45) is 24.3 Å². The number of nitrogens with zero attached hydrogens (tertiary/aromatic N) is 2. The summed E-state index contributed by atoms with van der Waals surface area (Å²) in [6, 6.07) is 6.55. The van der Waals surface area contributed by atoms with E-state index >= 15 is 0 Å². The number of aliphatic carboxylic acids is 1. The first-order valence-corrected chi connectivity index (χ1v) is 7.89. The number of rotatable bonds is 5. The lowest BCUT2D eigenvalue weighted by molar-refractivity contribution is -0.140. The summed E-state index contributed by atoms with van der Waals surface area (Å²) in [4.78, 5) is 40.1. The average Bonchev–Trinajstić information content (AvgIpc) is 2.89. The zero-order chi connectivity index (χ0) is 18.4. The van der Waals surface area contributed by atoms with Crippen molar-refractivity contribution >= 4 is 23.3 Å². The highest BCUT2D eigenvalue weighted by Crippen LogP contribution is 2.58. The minimum Gasteiger partial charge on any atom is -0.481 e. The number of anilines is 1. The van der Waals surface area contributed by atoms with Crippen molar-refractivity contribution in [3.63, 3.8) is 0 Å². The van der Waals surface area contributed by atoms with Gasteiger partial charge in [-0.2, -0.15) is 0 Å². The highest BCUT2D eigenvalue weighted by Gasteiger charge is 2.65. The van der Waals surface area contributed by atoms with Crippen LogP contribution in [0.2, 0.25) is 0 Å². The summed E-state index contributed by atoms with van der Waals surface area (Å²) in [5.74, 6) is -2.54. The number of carboxylic acids is 1. The van der Waals surface area contributed by atoms with E-state index in [0.717, 1.165) is 0 Å². The first-order chi connectivity index (χ1) is 11.7. The summed E-state index contributed by atoms with van der Waals surface area (Å²) >= 11 is 0. The SMILES string of the molecule is Cn1ccnc1C(=O)c1cccc(NC(=O)[C@H]2[C@H](C(=O)O)C2(C)C)c1. The zero-order valence-corrected chi connectivity index (χ0v) is 14.2. The van der Waals surface area contributed by atoms with Crippen molar-refractivity contribution in [2.75, 3.05) is 5.32 Å². The molecular weight excluding hydrogens is 322 g/mol. The Labute approximate surface area is 144 Å². The van der Waals surface area contributed by atoms with E-state index in [-0.39, 0.29) is 11.7 Å². The standard InChI is InChI=1S/C18H19N3O4/c1-18(2)12(13(18)17(24)25)16(23)20-11-6-4-5-10(9-11)14(22)15-19-7-8-21(15)3/h4-9,12-13H,1-3H3,(H,20,23)(H,24,25)/t12-,13-/m1/s1. The second-order valence-corrected chi connectivity index (χ2v) is 6.88. The van der Waals surface area contributed by atoms with Gasteiger partial charge < -0.3 is 15.0 Å². The van der Waals surface area contributed by atoms with Crippen LogP contribution < -0.4 is 5.32 Å². The highest BCUT2D eigenvalue weighted by molar-refractivity contribution is 6.08. The predicted molar refractivity (Wildman–Crippen MR) is 90.1 cm³/mol. The third kappa shape index (κ3) is 2.93. The number of imidazole rings is 1. The molecule has 0 aliphatic heterocycles. The lowest BCUT2D eigenvalue weighted by Crippen LogP contribution is -2.18. The van der Waals surface area contributed by atoms with E-state index in [0.29, 0.717) is 17.1 Å². The molecule has 2 N–H and O–H groups in total. The molecule has 25 heavy (non-hydrogen) atoms. The summed E-state index contributed by atoms with van der Waals surface area (Å²) in [5, 5.41) is 11.9. The Hall–Kier alpha value is -2.96. The molecule has 1 aliphatic rings. The summed E-state index contributed by atoms with van der Waals surface area (Å²) in [6.45, 7) is 3.52.